The normalized spacial score (nSPS) is 11.4. The largest absolute Gasteiger partial charge is 0.457 e. The topological polar surface area (TPSA) is 125 Å². The van der Waals surface area contributed by atoms with Crippen LogP contribution in [0.4, 0.5) is 11.5 Å². The zero-order chi connectivity index (χ0) is 23.8. The number of ether oxygens (including phenoxy) is 1. The highest BCUT2D eigenvalue weighted by Crippen LogP contribution is 2.32. The summed E-state index contributed by atoms with van der Waals surface area (Å²) >= 11 is 0. The SMILES string of the molecule is Cc1cc(Nc2ncnn3ccc(-c4cnn(CCN)c4)c23)ccc1Oc1ccn2ncnc2c1. The molecule has 6 aromatic rings. The number of benzene rings is 1. The number of fused-ring (bicyclic) bond motifs is 2. The van der Waals surface area contributed by atoms with Gasteiger partial charge in [-0.2, -0.15) is 15.3 Å². The molecule has 6 rings (SSSR count). The summed E-state index contributed by atoms with van der Waals surface area (Å²) in [6.45, 7) is 3.19. The van der Waals surface area contributed by atoms with E-state index in [9.17, 15) is 0 Å². The Morgan fingerprint density at radius 3 is 2.71 bits per heavy atom. The molecule has 0 aliphatic heterocycles. The van der Waals surface area contributed by atoms with Crippen LogP contribution in [0.1, 0.15) is 5.56 Å². The summed E-state index contributed by atoms with van der Waals surface area (Å²) in [5.41, 5.74) is 11.1. The van der Waals surface area contributed by atoms with Gasteiger partial charge in [-0.25, -0.2) is 19.0 Å². The van der Waals surface area contributed by atoms with Gasteiger partial charge in [0, 0.05) is 48.0 Å². The second kappa shape index (κ2) is 8.54. The molecule has 11 heteroatoms. The van der Waals surface area contributed by atoms with Crippen molar-refractivity contribution in [1.82, 2.24) is 39.0 Å². The van der Waals surface area contributed by atoms with Gasteiger partial charge in [0.2, 0.25) is 0 Å². The van der Waals surface area contributed by atoms with Gasteiger partial charge in [-0.1, -0.05) is 0 Å². The minimum atomic E-state index is 0.530. The lowest BCUT2D eigenvalue weighted by Crippen LogP contribution is -2.09. The van der Waals surface area contributed by atoms with Crippen LogP contribution in [-0.2, 0) is 6.54 Å². The zero-order valence-corrected chi connectivity index (χ0v) is 18.9. The van der Waals surface area contributed by atoms with E-state index in [4.69, 9.17) is 10.5 Å². The monoisotopic (exact) mass is 466 g/mol. The number of aryl methyl sites for hydroxylation is 1. The number of pyridine rings is 1. The minimum absolute atomic E-state index is 0.530. The predicted molar refractivity (Wildman–Crippen MR) is 131 cm³/mol. The Bertz CT molecular complexity index is 1650. The highest BCUT2D eigenvalue weighted by Gasteiger charge is 2.14. The number of hydrogen-bond donors (Lipinski definition) is 2. The van der Waals surface area contributed by atoms with Crippen molar-refractivity contribution in [2.45, 2.75) is 13.5 Å². The van der Waals surface area contributed by atoms with Crippen LogP contribution >= 0.6 is 0 Å². The number of hydrogen-bond acceptors (Lipinski definition) is 8. The van der Waals surface area contributed by atoms with Gasteiger partial charge >= 0.3 is 0 Å². The van der Waals surface area contributed by atoms with Crippen LogP contribution in [0.3, 0.4) is 0 Å². The molecule has 0 radical (unpaired) electrons. The smallest absolute Gasteiger partial charge is 0.158 e. The van der Waals surface area contributed by atoms with E-state index in [0.717, 1.165) is 39.3 Å². The van der Waals surface area contributed by atoms with Gasteiger partial charge in [0.05, 0.1) is 12.7 Å². The molecular formula is C24H22N10O. The Morgan fingerprint density at radius 1 is 0.971 bits per heavy atom. The molecule has 11 nitrogen and oxygen atoms in total. The maximum absolute atomic E-state index is 6.09. The lowest BCUT2D eigenvalue weighted by molar-refractivity contribution is 0.478. The number of aromatic nitrogens is 8. The molecule has 0 unspecified atom stereocenters. The van der Waals surface area contributed by atoms with Crippen molar-refractivity contribution in [1.29, 1.82) is 0 Å². The molecule has 3 N–H and O–H groups in total. The third-order valence-corrected chi connectivity index (χ3v) is 5.67. The average Bonchev–Trinajstić information content (AvgIpc) is 3.60. The average molecular weight is 467 g/mol. The standard InChI is InChI=1S/C24H22N10O/c1-16-10-18(2-3-21(16)35-19-4-7-33-22(11-19)26-14-29-33)31-24-23-20(5-8-34(23)30-15-27-24)17-12-28-32(13-17)9-6-25/h2-5,7-8,10-15H,6,9,25H2,1H3,(H,27,30,31). The van der Waals surface area contributed by atoms with Gasteiger partial charge in [0.1, 0.15) is 29.7 Å². The van der Waals surface area contributed by atoms with Gasteiger partial charge in [-0.15, -0.1) is 0 Å². The van der Waals surface area contributed by atoms with Crippen LogP contribution in [-0.4, -0.2) is 45.5 Å². The van der Waals surface area contributed by atoms with E-state index in [2.05, 4.69) is 30.6 Å². The van der Waals surface area contributed by atoms with Crippen LogP contribution in [0.2, 0.25) is 0 Å². The molecule has 0 bridgehead atoms. The highest BCUT2D eigenvalue weighted by atomic mass is 16.5. The number of anilines is 2. The van der Waals surface area contributed by atoms with Crippen molar-refractivity contribution in [3.63, 3.8) is 0 Å². The summed E-state index contributed by atoms with van der Waals surface area (Å²) in [5.74, 6) is 2.14. The van der Waals surface area contributed by atoms with E-state index in [1.54, 1.807) is 9.03 Å². The first-order chi connectivity index (χ1) is 17.2. The summed E-state index contributed by atoms with van der Waals surface area (Å²) in [6, 6.07) is 11.6. The van der Waals surface area contributed by atoms with Crippen LogP contribution in [0.25, 0.3) is 22.3 Å². The van der Waals surface area contributed by atoms with Crippen molar-refractivity contribution in [2.75, 3.05) is 11.9 Å². The third kappa shape index (κ3) is 3.93. The molecule has 0 saturated carbocycles. The number of nitrogens with zero attached hydrogens (tertiary/aromatic N) is 8. The first-order valence-corrected chi connectivity index (χ1v) is 11.1. The first-order valence-electron chi connectivity index (χ1n) is 11.1. The molecule has 5 aromatic heterocycles. The molecule has 0 aliphatic carbocycles. The molecule has 0 saturated heterocycles. The Kier molecular flexibility index (Phi) is 5.08. The lowest BCUT2D eigenvalue weighted by atomic mass is 10.1. The molecule has 0 fully saturated rings. The number of nitrogens with two attached hydrogens (primary N) is 1. The maximum Gasteiger partial charge on any atom is 0.158 e. The van der Waals surface area contributed by atoms with Gasteiger partial charge in [-0.05, 0) is 42.8 Å². The van der Waals surface area contributed by atoms with Crippen molar-refractivity contribution < 1.29 is 4.74 Å². The molecule has 0 atom stereocenters. The molecular weight excluding hydrogens is 444 g/mol. The van der Waals surface area contributed by atoms with E-state index in [1.807, 2.05) is 72.8 Å². The van der Waals surface area contributed by atoms with Crippen LogP contribution in [0, 0.1) is 6.92 Å². The van der Waals surface area contributed by atoms with Crippen molar-refractivity contribution in [3.05, 3.63) is 79.4 Å². The van der Waals surface area contributed by atoms with Gasteiger partial charge in [-0.3, -0.25) is 4.68 Å². The van der Waals surface area contributed by atoms with Crippen LogP contribution in [0.5, 0.6) is 11.5 Å². The fraction of sp³-hybridized carbons (Fsp3) is 0.125. The second-order valence-corrected chi connectivity index (χ2v) is 8.04. The molecule has 35 heavy (non-hydrogen) atoms. The Labute approximate surface area is 199 Å². The molecule has 174 valence electrons. The molecule has 0 amide bonds. The fourth-order valence-electron chi connectivity index (χ4n) is 4.00. The minimum Gasteiger partial charge on any atom is -0.457 e. The molecule has 0 aliphatic rings. The van der Waals surface area contributed by atoms with Gasteiger partial charge < -0.3 is 15.8 Å². The van der Waals surface area contributed by atoms with Crippen molar-refractivity contribution in [2.24, 2.45) is 5.73 Å². The van der Waals surface area contributed by atoms with Crippen molar-refractivity contribution in [3.8, 4) is 22.6 Å². The summed E-state index contributed by atoms with van der Waals surface area (Å²) in [4.78, 5) is 8.71. The Balaban J connectivity index is 1.28. The van der Waals surface area contributed by atoms with Gasteiger partial charge in [0.15, 0.2) is 11.5 Å². The Hall–Kier alpha value is -4.77. The summed E-state index contributed by atoms with van der Waals surface area (Å²) in [7, 11) is 0. The quantitative estimate of drug-likeness (QED) is 0.366. The van der Waals surface area contributed by atoms with Gasteiger partial charge in [0.25, 0.3) is 0 Å². The second-order valence-electron chi connectivity index (χ2n) is 8.04. The highest BCUT2D eigenvalue weighted by molar-refractivity contribution is 5.89. The number of nitrogens with one attached hydrogen (secondary N) is 1. The predicted octanol–water partition coefficient (Wildman–Crippen LogP) is 3.44. The van der Waals surface area contributed by atoms with E-state index in [-0.39, 0.29) is 0 Å². The molecule has 1 aromatic carbocycles. The third-order valence-electron chi connectivity index (χ3n) is 5.67. The Morgan fingerprint density at radius 2 is 1.83 bits per heavy atom. The van der Waals surface area contributed by atoms with Crippen LogP contribution in [0.15, 0.2) is 73.8 Å². The van der Waals surface area contributed by atoms with E-state index >= 15 is 0 Å². The van der Waals surface area contributed by atoms with Crippen LogP contribution < -0.4 is 15.8 Å². The van der Waals surface area contributed by atoms with E-state index < -0.39 is 0 Å². The van der Waals surface area contributed by atoms with E-state index in [0.29, 0.717) is 24.7 Å². The summed E-state index contributed by atoms with van der Waals surface area (Å²) in [6.07, 6.45) is 10.6. The summed E-state index contributed by atoms with van der Waals surface area (Å²) < 4.78 is 11.4. The van der Waals surface area contributed by atoms with E-state index in [1.165, 1.54) is 12.7 Å². The maximum atomic E-state index is 6.09. The molecule has 0 spiro atoms. The lowest BCUT2D eigenvalue weighted by Gasteiger charge is -2.12. The summed E-state index contributed by atoms with van der Waals surface area (Å²) in [5, 5.41) is 16.3. The fourth-order valence-corrected chi connectivity index (χ4v) is 4.00. The zero-order valence-electron chi connectivity index (χ0n) is 18.9. The van der Waals surface area contributed by atoms with Crippen molar-refractivity contribution >= 4 is 22.7 Å². The number of rotatable bonds is 7. The first kappa shape index (κ1) is 20.8. The molecule has 5 heterocycles.